The van der Waals surface area contributed by atoms with Crippen molar-refractivity contribution in [2.45, 2.75) is 65.8 Å². The van der Waals surface area contributed by atoms with Gasteiger partial charge in [-0.25, -0.2) is 0 Å². The molecule has 0 radical (unpaired) electrons. The smallest absolute Gasteiger partial charge is 0.304 e. The minimum Gasteiger partial charge on any atom is -0.481 e. The van der Waals surface area contributed by atoms with Crippen LogP contribution in [0.3, 0.4) is 0 Å². The van der Waals surface area contributed by atoms with Gasteiger partial charge in [0, 0.05) is 25.7 Å². The lowest BCUT2D eigenvalue weighted by molar-refractivity contribution is -0.139. The summed E-state index contributed by atoms with van der Waals surface area (Å²) in [6.45, 7) is 10.6. The Morgan fingerprint density at radius 3 is 1.90 bits per heavy atom. The van der Waals surface area contributed by atoms with Gasteiger partial charge in [-0.3, -0.25) is 14.5 Å². The Labute approximate surface area is 129 Å². The summed E-state index contributed by atoms with van der Waals surface area (Å²) in [7, 11) is 0. The molecule has 0 aromatic heterocycles. The molecule has 21 heavy (non-hydrogen) atoms. The molecule has 0 aliphatic heterocycles. The lowest BCUT2D eigenvalue weighted by atomic mass is 10.2. The zero-order valence-electron chi connectivity index (χ0n) is 14.1. The molecule has 0 aromatic rings. The van der Waals surface area contributed by atoms with Crippen LogP contribution < -0.4 is 0 Å². The molecular weight excluding hydrogens is 268 g/mol. The van der Waals surface area contributed by atoms with Crippen LogP contribution in [-0.4, -0.2) is 59.0 Å². The van der Waals surface area contributed by atoms with E-state index >= 15 is 0 Å². The van der Waals surface area contributed by atoms with Crippen molar-refractivity contribution in [1.82, 2.24) is 9.80 Å². The highest BCUT2D eigenvalue weighted by atomic mass is 16.4. The number of carbonyl (C=O) groups is 2. The maximum Gasteiger partial charge on any atom is 0.304 e. The van der Waals surface area contributed by atoms with Gasteiger partial charge in [-0.1, -0.05) is 26.7 Å². The molecule has 0 unspecified atom stereocenters. The fraction of sp³-hybridized carbons (Fsp3) is 0.875. The molecule has 0 spiro atoms. The Bertz CT molecular complexity index is 298. The number of carbonyl (C=O) groups excluding carboxylic acids is 1. The number of aliphatic carboxylic acids is 1. The van der Waals surface area contributed by atoms with E-state index < -0.39 is 5.97 Å². The third kappa shape index (κ3) is 9.45. The predicted molar refractivity (Wildman–Crippen MR) is 85.4 cm³/mol. The number of carboxylic acids is 1. The first-order valence-electron chi connectivity index (χ1n) is 8.15. The summed E-state index contributed by atoms with van der Waals surface area (Å²) in [5, 5.41) is 8.80. The highest BCUT2D eigenvalue weighted by Gasteiger charge is 2.19. The van der Waals surface area contributed by atoms with E-state index in [0.29, 0.717) is 13.1 Å². The number of hydrogen-bond donors (Lipinski definition) is 1. The zero-order valence-corrected chi connectivity index (χ0v) is 14.1. The number of unbranched alkanes of at least 4 members (excludes halogenated alkanes) is 2. The predicted octanol–water partition coefficient (Wildman–Crippen LogP) is 2.60. The van der Waals surface area contributed by atoms with E-state index in [9.17, 15) is 9.59 Å². The average molecular weight is 300 g/mol. The molecule has 0 atom stereocenters. The molecule has 0 heterocycles. The first kappa shape index (κ1) is 19.9. The lowest BCUT2D eigenvalue weighted by Gasteiger charge is -2.29. The number of amides is 1. The third-order valence-corrected chi connectivity index (χ3v) is 3.60. The van der Waals surface area contributed by atoms with Crippen LogP contribution in [0.15, 0.2) is 0 Å². The van der Waals surface area contributed by atoms with Crippen molar-refractivity contribution in [1.29, 1.82) is 0 Å². The summed E-state index contributed by atoms with van der Waals surface area (Å²) in [5.74, 6) is -0.696. The molecule has 0 saturated carbocycles. The lowest BCUT2D eigenvalue weighted by Crippen LogP contribution is -2.44. The average Bonchev–Trinajstić information content (AvgIpc) is 2.42. The first-order valence-corrected chi connectivity index (χ1v) is 8.15. The second kappa shape index (κ2) is 11.5. The maximum absolute atomic E-state index is 12.5. The Morgan fingerprint density at radius 2 is 1.52 bits per heavy atom. The number of nitrogens with zero attached hydrogens (tertiary/aromatic N) is 2. The van der Waals surface area contributed by atoms with Gasteiger partial charge in [-0.05, 0) is 26.7 Å². The summed E-state index contributed by atoms with van der Waals surface area (Å²) in [6, 6.07) is 0.174. The van der Waals surface area contributed by atoms with Crippen LogP contribution in [0.2, 0.25) is 0 Å². The van der Waals surface area contributed by atoms with E-state index in [1.165, 1.54) is 0 Å². The molecule has 0 aliphatic carbocycles. The molecule has 0 fully saturated rings. The fourth-order valence-electron chi connectivity index (χ4n) is 2.09. The Kier molecular flexibility index (Phi) is 10.9. The van der Waals surface area contributed by atoms with Gasteiger partial charge in [0.1, 0.15) is 0 Å². The van der Waals surface area contributed by atoms with Gasteiger partial charge in [-0.2, -0.15) is 0 Å². The molecule has 0 saturated heterocycles. The van der Waals surface area contributed by atoms with E-state index in [1.54, 1.807) is 0 Å². The van der Waals surface area contributed by atoms with Gasteiger partial charge in [0.05, 0.1) is 13.0 Å². The van der Waals surface area contributed by atoms with Crippen LogP contribution in [0.4, 0.5) is 0 Å². The van der Waals surface area contributed by atoms with Crippen LogP contribution >= 0.6 is 0 Å². The van der Waals surface area contributed by atoms with E-state index in [2.05, 4.69) is 13.8 Å². The van der Waals surface area contributed by atoms with Gasteiger partial charge in [0.2, 0.25) is 5.91 Å². The quantitative estimate of drug-likeness (QED) is 0.602. The SMILES string of the molecule is CCCCN(CCCC)C(=O)CN(CCC(=O)O)C(C)C. The first-order chi connectivity index (χ1) is 9.92. The minimum atomic E-state index is -0.818. The highest BCUT2D eigenvalue weighted by Crippen LogP contribution is 2.05. The van der Waals surface area contributed by atoms with Crippen molar-refractivity contribution < 1.29 is 14.7 Å². The van der Waals surface area contributed by atoms with Gasteiger partial charge in [0.25, 0.3) is 0 Å². The Hall–Kier alpha value is -1.10. The Balaban J connectivity index is 4.53. The molecule has 124 valence electrons. The van der Waals surface area contributed by atoms with E-state index in [4.69, 9.17) is 5.11 Å². The van der Waals surface area contributed by atoms with Crippen LogP contribution in [-0.2, 0) is 9.59 Å². The summed E-state index contributed by atoms with van der Waals surface area (Å²) in [4.78, 5) is 27.0. The van der Waals surface area contributed by atoms with Crippen LogP contribution in [0.25, 0.3) is 0 Å². The number of carboxylic acid groups (broad SMARTS) is 1. The summed E-state index contributed by atoms with van der Waals surface area (Å²) in [6.07, 6.45) is 4.26. The van der Waals surface area contributed by atoms with Crippen molar-refractivity contribution in [2.24, 2.45) is 0 Å². The van der Waals surface area contributed by atoms with Crippen LogP contribution in [0.5, 0.6) is 0 Å². The van der Waals surface area contributed by atoms with Crippen molar-refractivity contribution in [2.75, 3.05) is 26.2 Å². The van der Waals surface area contributed by atoms with Crippen LogP contribution in [0, 0.1) is 0 Å². The molecule has 0 rings (SSSR count). The summed E-state index contributed by atoms with van der Waals surface area (Å²) in [5.41, 5.74) is 0. The molecule has 0 bridgehead atoms. The molecule has 5 heteroatoms. The van der Waals surface area contributed by atoms with Crippen molar-refractivity contribution in [3.63, 3.8) is 0 Å². The minimum absolute atomic E-state index is 0.0788. The largest absolute Gasteiger partial charge is 0.481 e. The normalized spacial score (nSPS) is 11.1. The monoisotopic (exact) mass is 300 g/mol. The highest BCUT2D eigenvalue weighted by molar-refractivity contribution is 5.78. The van der Waals surface area contributed by atoms with Gasteiger partial charge in [0.15, 0.2) is 0 Å². The third-order valence-electron chi connectivity index (χ3n) is 3.60. The second-order valence-electron chi connectivity index (χ2n) is 5.80. The van der Waals surface area contributed by atoms with Gasteiger partial charge >= 0.3 is 5.97 Å². The second-order valence-corrected chi connectivity index (χ2v) is 5.80. The van der Waals surface area contributed by atoms with E-state index in [1.807, 2.05) is 23.6 Å². The molecule has 1 amide bonds. The maximum atomic E-state index is 12.5. The van der Waals surface area contributed by atoms with Gasteiger partial charge < -0.3 is 10.0 Å². The molecule has 0 aliphatic rings. The standard InChI is InChI=1S/C16H32N2O3/c1-5-7-10-17(11-8-6-2)15(19)13-18(14(3)4)12-9-16(20)21/h14H,5-13H2,1-4H3,(H,20,21). The molecule has 5 nitrogen and oxygen atoms in total. The Morgan fingerprint density at radius 1 is 1.00 bits per heavy atom. The van der Waals surface area contributed by atoms with Crippen molar-refractivity contribution in [3.8, 4) is 0 Å². The number of hydrogen-bond acceptors (Lipinski definition) is 3. The van der Waals surface area contributed by atoms with E-state index in [0.717, 1.165) is 38.8 Å². The molecule has 0 aromatic carbocycles. The molecular formula is C16H32N2O3. The van der Waals surface area contributed by atoms with E-state index in [-0.39, 0.29) is 18.4 Å². The zero-order chi connectivity index (χ0) is 16.3. The molecule has 1 N–H and O–H groups in total. The number of rotatable bonds is 12. The summed E-state index contributed by atoms with van der Waals surface area (Å²) < 4.78 is 0. The fourth-order valence-corrected chi connectivity index (χ4v) is 2.09. The summed E-state index contributed by atoms with van der Waals surface area (Å²) >= 11 is 0. The van der Waals surface area contributed by atoms with Gasteiger partial charge in [-0.15, -0.1) is 0 Å². The van der Waals surface area contributed by atoms with Crippen molar-refractivity contribution >= 4 is 11.9 Å². The van der Waals surface area contributed by atoms with Crippen molar-refractivity contribution in [3.05, 3.63) is 0 Å². The topological polar surface area (TPSA) is 60.9 Å². The van der Waals surface area contributed by atoms with Crippen LogP contribution in [0.1, 0.15) is 59.8 Å².